The molecule has 1 amide bonds. The maximum Gasteiger partial charge on any atom is 0.328 e. The number of nitro groups is 1. The van der Waals surface area contributed by atoms with Gasteiger partial charge in [0.2, 0.25) is 0 Å². The van der Waals surface area contributed by atoms with Gasteiger partial charge in [0, 0.05) is 36.6 Å². The topological polar surface area (TPSA) is 137 Å². The van der Waals surface area contributed by atoms with Crippen molar-refractivity contribution in [3.63, 3.8) is 0 Å². The number of methoxy groups -OCH3 is 1. The fourth-order valence-corrected chi connectivity index (χ4v) is 4.24. The number of carbonyl (C=O) groups is 3. The molecule has 10 nitrogen and oxygen atoms in total. The highest BCUT2D eigenvalue weighted by atomic mass is 35.5. The third-order valence-electron chi connectivity index (χ3n) is 5.48. The van der Waals surface area contributed by atoms with E-state index in [1.165, 1.54) is 37.4 Å². The molecule has 1 heterocycles. The van der Waals surface area contributed by atoms with Gasteiger partial charge in [-0.3, -0.25) is 19.7 Å². The lowest BCUT2D eigenvalue weighted by Crippen LogP contribution is -2.42. The van der Waals surface area contributed by atoms with Crippen molar-refractivity contribution in [1.29, 1.82) is 0 Å². The van der Waals surface area contributed by atoms with Gasteiger partial charge in [-0.15, -0.1) is 0 Å². The summed E-state index contributed by atoms with van der Waals surface area (Å²) in [5, 5.41) is 17.0. The summed E-state index contributed by atoms with van der Waals surface area (Å²) in [7, 11) is 1.18. The first-order valence-corrected chi connectivity index (χ1v) is 11.5. The third kappa shape index (κ3) is 6.68. The SMILES string of the molecule is COC(=O)[C@H](CCC(=O)CNC1CCOc2ccc([N+](=O)[O-])cc21)NC(=O)c1c(Cl)cccc1Cl. The number of ketones is 1. The van der Waals surface area contributed by atoms with Gasteiger partial charge in [0.15, 0.2) is 0 Å². The van der Waals surface area contributed by atoms with Gasteiger partial charge in [-0.2, -0.15) is 0 Å². The monoisotopic (exact) mass is 523 g/mol. The van der Waals surface area contributed by atoms with Crippen LogP contribution < -0.4 is 15.4 Å². The van der Waals surface area contributed by atoms with Gasteiger partial charge >= 0.3 is 5.97 Å². The predicted octanol–water partition coefficient (Wildman–Crippen LogP) is 3.64. The average Bonchev–Trinajstić information content (AvgIpc) is 2.84. The first-order valence-electron chi connectivity index (χ1n) is 10.7. The summed E-state index contributed by atoms with van der Waals surface area (Å²) in [4.78, 5) is 48.0. The zero-order valence-corrected chi connectivity index (χ0v) is 20.2. The highest BCUT2D eigenvalue weighted by molar-refractivity contribution is 6.39. The molecule has 0 fully saturated rings. The smallest absolute Gasteiger partial charge is 0.328 e. The minimum atomic E-state index is -1.09. The fraction of sp³-hybridized carbons (Fsp3) is 0.348. The van der Waals surface area contributed by atoms with Crippen molar-refractivity contribution >= 4 is 46.5 Å². The second-order valence-electron chi connectivity index (χ2n) is 7.77. The molecule has 0 aromatic heterocycles. The van der Waals surface area contributed by atoms with Crippen LogP contribution >= 0.6 is 23.2 Å². The number of benzene rings is 2. The second kappa shape index (κ2) is 12.0. The van der Waals surface area contributed by atoms with Crippen LogP contribution in [-0.4, -0.2) is 48.9 Å². The second-order valence-corrected chi connectivity index (χ2v) is 8.59. The van der Waals surface area contributed by atoms with Gasteiger partial charge in [-0.05, 0) is 24.6 Å². The van der Waals surface area contributed by atoms with E-state index in [1.54, 1.807) is 6.07 Å². The molecule has 2 N–H and O–H groups in total. The molecule has 1 aliphatic heterocycles. The standard InChI is InChI=1S/C23H23Cl2N3O7/c1-34-23(31)19(27-22(30)21-16(24)3-2-4-17(21)25)7-6-14(29)12-26-18-9-10-35-20-8-5-13(28(32)33)11-15(18)20/h2-5,8,11,18-19,26H,6-7,9-10,12H2,1H3,(H,27,30)/t18?,19-/m0/s1. The van der Waals surface area contributed by atoms with Crippen molar-refractivity contribution in [3.05, 3.63) is 67.7 Å². The normalized spacial score (nSPS) is 15.3. The Labute approximate surface area is 211 Å². The maximum atomic E-state index is 12.6. The Morgan fingerprint density at radius 1 is 1.23 bits per heavy atom. The molecule has 0 radical (unpaired) electrons. The van der Waals surface area contributed by atoms with Gasteiger partial charge in [0.05, 0.1) is 40.8 Å². The van der Waals surface area contributed by atoms with E-state index in [4.69, 9.17) is 32.7 Å². The number of Topliss-reactive ketones (excluding diaryl/α,β-unsaturated/α-hetero) is 1. The lowest BCUT2D eigenvalue weighted by Gasteiger charge is -2.26. The zero-order valence-electron chi connectivity index (χ0n) is 18.7. The Morgan fingerprint density at radius 2 is 1.94 bits per heavy atom. The molecule has 2 aromatic carbocycles. The number of esters is 1. The molecule has 2 atom stereocenters. The number of ether oxygens (including phenoxy) is 2. The van der Waals surface area contributed by atoms with Crippen molar-refractivity contribution in [2.24, 2.45) is 0 Å². The van der Waals surface area contributed by atoms with E-state index >= 15 is 0 Å². The number of halogens is 2. The van der Waals surface area contributed by atoms with Crippen LogP contribution in [0.2, 0.25) is 10.0 Å². The Hall–Kier alpha value is -3.21. The van der Waals surface area contributed by atoms with E-state index in [1.807, 2.05) is 0 Å². The van der Waals surface area contributed by atoms with E-state index in [0.717, 1.165) is 0 Å². The molecule has 0 bridgehead atoms. The minimum Gasteiger partial charge on any atom is -0.493 e. The Morgan fingerprint density at radius 3 is 2.60 bits per heavy atom. The number of non-ortho nitro benzene ring substituents is 1. The third-order valence-corrected chi connectivity index (χ3v) is 6.11. The maximum absolute atomic E-state index is 12.6. The molecular formula is C23H23Cl2N3O7. The Bertz CT molecular complexity index is 1120. The molecule has 0 aliphatic carbocycles. The number of hydrogen-bond donors (Lipinski definition) is 2. The average molecular weight is 524 g/mol. The molecule has 35 heavy (non-hydrogen) atoms. The van der Waals surface area contributed by atoms with Crippen molar-refractivity contribution in [2.75, 3.05) is 20.3 Å². The van der Waals surface area contributed by atoms with Crippen molar-refractivity contribution in [3.8, 4) is 5.75 Å². The molecule has 1 unspecified atom stereocenters. The van der Waals surface area contributed by atoms with Crippen LogP contribution in [-0.2, 0) is 14.3 Å². The lowest BCUT2D eigenvalue weighted by atomic mass is 9.99. The molecule has 0 spiro atoms. The molecule has 12 heteroatoms. The van der Waals surface area contributed by atoms with Crippen LogP contribution in [0.3, 0.4) is 0 Å². The number of nitro benzene ring substituents is 1. The van der Waals surface area contributed by atoms with Crippen molar-refractivity contribution < 1.29 is 28.8 Å². The molecule has 3 rings (SSSR count). The van der Waals surface area contributed by atoms with Crippen molar-refractivity contribution in [1.82, 2.24) is 10.6 Å². The highest BCUT2D eigenvalue weighted by Gasteiger charge is 2.27. The Balaban J connectivity index is 1.59. The molecule has 0 saturated carbocycles. The van der Waals surface area contributed by atoms with Crippen LogP contribution in [0.1, 0.15) is 41.2 Å². The molecule has 1 aliphatic rings. The van der Waals surface area contributed by atoms with Gasteiger partial charge < -0.3 is 20.1 Å². The summed E-state index contributed by atoms with van der Waals surface area (Å²) < 4.78 is 10.3. The van der Waals surface area contributed by atoms with Gasteiger partial charge in [-0.1, -0.05) is 29.3 Å². The number of rotatable bonds is 10. The molecular weight excluding hydrogens is 501 g/mol. The summed E-state index contributed by atoms with van der Waals surface area (Å²) in [5.74, 6) is -1.07. The molecule has 0 saturated heterocycles. The van der Waals surface area contributed by atoms with Gasteiger partial charge in [-0.25, -0.2) is 4.79 Å². The summed E-state index contributed by atoms with van der Waals surface area (Å²) >= 11 is 12.1. The van der Waals surface area contributed by atoms with Crippen LogP contribution in [0.25, 0.3) is 0 Å². The summed E-state index contributed by atoms with van der Waals surface area (Å²) in [5.41, 5.74) is 0.558. The number of nitrogens with one attached hydrogen (secondary N) is 2. The first kappa shape index (κ1) is 26.4. The van der Waals surface area contributed by atoms with E-state index in [9.17, 15) is 24.5 Å². The first-order chi connectivity index (χ1) is 16.7. The van der Waals surface area contributed by atoms with Crippen LogP contribution in [0.15, 0.2) is 36.4 Å². The number of nitrogens with zero attached hydrogens (tertiary/aromatic N) is 1. The molecule has 2 aromatic rings. The van der Waals surface area contributed by atoms with Crippen LogP contribution in [0, 0.1) is 10.1 Å². The van der Waals surface area contributed by atoms with E-state index in [2.05, 4.69) is 10.6 Å². The Kier molecular flexibility index (Phi) is 9.02. The van der Waals surface area contributed by atoms with E-state index in [0.29, 0.717) is 24.3 Å². The summed E-state index contributed by atoms with van der Waals surface area (Å²) in [6.07, 6.45) is 0.492. The number of carbonyl (C=O) groups excluding carboxylic acids is 3. The number of hydrogen-bond acceptors (Lipinski definition) is 8. The van der Waals surface area contributed by atoms with Gasteiger partial charge in [0.1, 0.15) is 17.6 Å². The minimum absolute atomic E-state index is 0.00314. The van der Waals surface area contributed by atoms with Crippen molar-refractivity contribution in [2.45, 2.75) is 31.3 Å². The largest absolute Gasteiger partial charge is 0.493 e. The highest BCUT2D eigenvalue weighted by Crippen LogP contribution is 2.34. The van der Waals surface area contributed by atoms with Crippen LogP contribution in [0.4, 0.5) is 5.69 Å². The number of amides is 1. The quantitative estimate of drug-likeness (QED) is 0.273. The van der Waals surface area contributed by atoms with Crippen LogP contribution in [0.5, 0.6) is 5.75 Å². The zero-order chi connectivity index (χ0) is 25.5. The molecule has 186 valence electrons. The predicted molar refractivity (Wildman–Crippen MR) is 128 cm³/mol. The van der Waals surface area contributed by atoms with E-state index in [-0.39, 0.29) is 52.5 Å². The number of fused-ring (bicyclic) bond motifs is 1. The fourth-order valence-electron chi connectivity index (χ4n) is 3.67. The summed E-state index contributed by atoms with van der Waals surface area (Å²) in [6, 6.07) is 7.51. The summed E-state index contributed by atoms with van der Waals surface area (Å²) in [6.45, 7) is 0.364. The lowest BCUT2D eigenvalue weighted by molar-refractivity contribution is -0.385. The van der Waals surface area contributed by atoms with E-state index < -0.39 is 22.8 Å². The van der Waals surface area contributed by atoms with Gasteiger partial charge in [0.25, 0.3) is 11.6 Å².